The summed E-state index contributed by atoms with van der Waals surface area (Å²) in [6, 6.07) is 0. The van der Waals surface area contributed by atoms with Gasteiger partial charge in [0.05, 0.1) is 0 Å². The fourth-order valence-corrected chi connectivity index (χ4v) is 1.70. The second-order valence-electron chi connectivity index (χ2n) is 3.99. The van der Waals surface area contributed by atoms with Crippen LogP contribution in [0.3, 0.4) is 0 Å². The van der Waals surface area contributed by atoms with Crippen LogP contribution in [0.2, 0.25) is 0 Å². The Labute approximate surface area is 91.7 Å². The van der Waals surface area contributed by atoms with Crippen molar-refractivity contribution in [1.82, 2.24) is 0 Å². The molecule has 1 aliphatic carbocycles. The van der Waals surface area contributed by atoms with Crippen molar-refractivity contribution in [2.24, 2.45) is 5.73 Å². The molecule has 3 nitrogen and oxygen atoms in total. The van der Waals surface area contributed by atoms with E-state index < -0.39 is 0 Å². The first kappa shape index (κ1) is 12.2. The minimum Gasteiger partial charge on any atom is -0.458 e. The molecule has 0 aromatic rings. The van der Waals surface area contributed by atoms with Crippen molar-refractivity contribution in [3.8, 4) is 0 Å². The molecular weight excluding hydrogens is 190 g/mol. The van der Waals surface area contributed by atoms with E-state index in [1.807, 2.05) is 6.08 Å². The molecule has 0 spiro atoms. The van der Waals surface area contributed by atoms with Crippen LogP contribution in [-0.4, -0.2) is 18.6 Å². The maximum Gasteiger partial charge on any atom is 0.306 e. The number of ether oxygens (including phenoxy) is 1. The zero-order valence-electron chi connectivity index (χ0n) is 9.28. The number of nitrogens with two attached hydrogens (primary N) is 1. The largest absolute Gasteiger partial charge is 0.458 e. The van der Waals surface area contributed by atoms with Gasteiger partial charge in [0.15, 0.2) is 0 Å². The first-order chi connectivity index (χ1) is 7.33. The third-order valence-corrected chi connectivity index (χ3v) is 2.58. The number of rotatable bonds is 4. The van der Waals surface area contributed by atoms with E-state index in [0.717, 1.165) is 25.7 Å². The highest BCUT2D eigenvalue weighted by Gasteiger charge is 2.11. The minimum atomic E-state index is -0.115. The molecule has 0 fully saturated rings. The van der Waals surface area contributed by atoms with Crippen LogP contribution < -0.4 is 5.73 Å². The summed E-state index contributed by atoms with van der Waals surface area (Å²) in [5.41, 5.74) is 5.33. The maximum absolute atomic E-state index is 11.4. The van der Waals surface area contributed by atoms with E-state index in [4.69, 9.17) is 10.5 Å². The van der Waals surface area contributed by atoms with Gasteiger partial charge in [-0.05, 0) is 44.7 Å². The number of hydrogen-bond acceptors (Lipinski definition) is 3. The minimum absolute atomic E-state index is 0.00410. The van der Waals surface area contributed by atoms with Crippen molar-refractivity contribution < 1.29 is 9.53 Å². The van der Waals surface area contributed by atoms with Crippen LogP contribution in [0, 0.1) is 0 Å². The lowest BCUT2D eigenvalue weighted by Gasteiger charge is -2.16. The topological polar surface area (TPSA) is 52.3 Å². The lowest BCUT2D eigenvalue weighted by Crippen LogP contribution is -2.17. The quantitative estimate of drug-likeness (QED) is 0.572. The first-order valence-corrected chi connectivity index (χ1v) is 5.89. The summed E-state index contributed by atoms with van der Waals surface area (Å²) in [5, 5.41) is 0. The second kappa shape index (κ2) is 7.46. The molecule has 3 heteroatoms. The van der Waals surface area contributed by atoms with Gasteiger partial charge in [0.1, 0.15) is 6.10 Å². The van der Waals surface area contributed by atoms with Gasteiger partial charge >= 0.3 is 5.97 Å². The molecule has 86 valence electrons. The summed E-state index contributed by atoms with van der Waals surface area (Å²) in [5.74, 6) is -0.115. The fourth-order valence-electron chi connectivity index (χ4n) is 1.70. The Hall–Kier alpha value is -0.830. The standard InChI is InChI=1S/C12H21NO2/c13-10-6-9-12(14)15-11-7-4-2-1-3-5-8-11/h4,7,11H,1-3,5-6,8-10,13H2/b7-4+. The average Bonchev–Trinajstić information content (AvgIpc) is 2.19. The van der Waals surface area contributed by atoms with Crippen molar-refractivity contribution >= 4 is 5.97 Å². The van der Waals surface area contributed by atoms with Crippen LogP contribution in [0.4, 0.5) is 0 Å². The van der Waals surface area contributed by atoms with Crippen molar-refractivity contribution in [1.29, 1.82) is 0 Å². The molecule has 0 amide bonds. The molecule has 0 aliphatic heterocycles. The van der Waals surface area contributed by atoms with Gasteiger partial charge < -0.3 is 10.5 Å². The van der Waals surface area contributed by atoms with Crippen LogP contribution in [0.15, 0.2) is 12.2 Å². The van der Waals surface area contributed by atoms with Crippen LogP contribution in [0.5, 0.6) is 0 Å². The van der Waals surface area contributed by atoms with Crippen LogP contribution in [0.25, 0.3) is 0 Å². The molecule has 0 aromatic heterocycles. The Morgan fingerprint density at radius 3 is 3.07 bits per heavy atom. The monoisotopic (exact) mass is 211 g/mol. The van der Waals surface area contributed by atoms with E-state index in [1.165, 1.54) is 12.8 Å². The predicted molar refractivity (Wildman–Crippen MR) is 60.4 cm³/mol. The fraction of sp³-hybridized carbons (Fsp3) is 0.750. The summed E-state index contributed by atoms with van der Waals surface area (Å²) < 4.78 is 5.35. The number of carbonyl (C=O) groups excluding carboxylic acids is 1. The van der Waals surface area contributed by atoms with Gasteiger partial charge in [0.2, 0.25) is 0 Å². The number of allylic oxidation sites excluding steroid dienone is 1. The molecule has 0 heterocycles. The lowest BCUT2D eigenvalue weighted by atomic mass is 10.0. The van der Waals surface area contributed by atoms with Gasteiger partial charge in [-0.1, -0.05) is 12.5 Å². The lowest BCUT2D eigenvalue weighted by molar-refractivity contribution is -0.147. The molecule has 0 aromatic carbocycles. The molecule has 0 saturated carbocycles. The highest BCUT2D eigenvalue weighted by atomic mass is 16.5. The molecule has 0 bridgehead atoms. The van der Waals surface area contributed by atoms with Gasteiger partial charge in [0.25, 0.3) is 0 Å². The Morgan fingerprint density at radius 2 is 2.27 bits per heavy atom. The van der Waals surface area contributed by atoms with Crippen molar-refractivity contribution in [2.75, 3.05) is 6.54 Å². The normalized spacial score (nSPS) is 23.9. The van der Waals surface area contributed by atoms with Gasteiger partial charge in [-0.3, -0.25) is 4.79 Å². The molecular formula is C12H21NO2. The zero-order valence-corrected chi connectivity index (χ0v) is 9.28. The smallest absolute Gasteiger partial charge is 0.306 e. The summed E-state index contributed by atoms with van der Waals surface area (Å²) >= 11 is 0. The second-order valence-corrected chi connectivity index (χ2v) is 3.99. The molecule has 1 atom stereocenters. The van der Waals surface area contributed by atoms with Gasteiger partial charge in [-0.2, -0.15) is 0 Å². The van der Waals surface area contributed by atoms with E-state index >= 15 is 0 Å². The molecule has 15 heavy (non-hydrogen) atoms. The van der Waals surface area contributed by atoms with E-state index in [-0.39, 0.29) is 12.1 Å². The number of carbonyl (C=O) groups is 1. The molecule has 1 rings (SSSR count). The average molecular weight is 211 g/mol. The molecule has 2 N–H and O–H groups in total. The SMILES string of the molecule is NCCCC(=O)OC1/C=C/CCCCC1. The summed E-state index contributed by atoms with van der Waals surface area (Å²) in [6.45, 7) is 0.551. The Bertz CT molecular complexity index is 214. The van der Waals surface area contributed by atoms with E-state index in [9.17, 15) is 4.79 Å². The van der Waals surface area contributed by atoms with Crippen LogP contribution in [-0.2, 0) is 9.53 Å². The molecule has 1 aliphatic rings. The summed E-state index contributed by atoms with van der Waals surface area (Å²) in [4.78, 5) is 11.4. The van der Waals surface area contributed by atoms with Gasteiger partial charge in [-0.15, -0.1) is 0 Å². The summed E-state index contributed by atoms with van der Waals surface area (Å²) in [7, 11) is 0. The van der Waals surface area contributed by atoms with Gasteiger partial charge in [0, 0.05) is 6.42 Å². The zero-order chi connectivity index (χ0) is 10.9. The molecule has 0 saturated heterocycles. The number of esters is 1. The van der Waals surface area contributed by atoms with Crippen LogP contribution >= 0.6 is 0 Å². The van der Waals surface area contributed by atoms with Gasteiger partial charge in [-0.25, -0.2) is 0 Å². The summed E-state index contributed by atoms with van der Waals surface area (Å²) in [6.07, 6.45) is 11.0. The Morgan fingerprint density at radius 1 is 1.40 bits per heavy atom. The molecule has 0 radical (unpaired) electrons. The Balaban J connectivity index is 2.28. The molecule has 1 unspecified atom stereocenters. The number of hydrogen-bond donors (Lipinski definition) is 1. The predicted octanol–water partition coefficient (Wildman–Crippen LogP) is 2.16. The van der Waals surface area contributed by atoms with E-state index in [2.05, 4.69) is 6.08 Å². The van der Waals surface area contributed by atoms with E-state index in [0.29, 0.717) is 13.0 Å². The third kappa shape index (κ3) is 5.57. The third-order valence-electron chi connectivity index (χ3n) is 2.58. The van der Waals surface area contributed by atoms with E-state index in [1.54, 1.807) is 0 Å². The highest BCUT2D eigenvalue weighted by Crippen LogP contribution is 2.14. The maximum atomic E-state index is 11.4. The van der Waals surface area contributed by atoms with Crippen molar-refractivity contribution in [2.45, 2.75) is 51.0 Å². The van der Waals surface area contributed by atoms with Crippen molar-refractivity contribution in [3.63, 3.8) is 0 Å². The first-order valence-electron chi connectivity index (χ1n) is 5.89. The highest BCUT2D eigenvalue weighted by molar-refractivity contribution is 5.69. The van der Waals surface area contributed by atoms with Crippen LogP contribution in [0.1, 0.15) is 44.9 Å². The Kier molecular flexibility index (Phi) is 6.09. The van der Waals surface area contributed by atoms with Crippen molar-refractivity contribution in [3.05, 3.63) is 12.2 Å².